The predicted molar refractivity (Wildman–Crippen MR) is 108 cm³/mol. The van der Waals surface area contributed by atoms with Gasteiger partial charge in [-0.15, -0.1) is 0 Å². The second-order valence-corrected chi connectivity index (χ2v) is 11.0. The molecule has 3 unspecified atom stereocenters. The smallest absolute Gasteiger partial charge is 0.452 e. The maximum atomic E-state index is 12.4. The van der Waals surface area contributed by atoms with E-state index in [0.29, 0.717) is 34.4 Å². The predicted octanol–water partition coefficient (Wildman–Crippen LogP) is 4.56. The number of para-hydroxylation sites is 1. The summed E-state index contributed by atoms with van der Waals surface area (Å²) in [4.78, 5) is 12.4. The van der Waals surface area contributed by atoms with Gasteiger partial charge in [-0.3, -0.25) is 0 Å². The first-order chi connectivity index (χ1) is 13.6. The van der Waals surface area contributed by atoms with Gasteiger partial charge in [0, 0.05) is 19.7 Å². The van der Waals surface area contributed by atoms with Crippen LogP contribution in [0.2, 0.25) is 5.82 Å². The normalized spacial score (nSPS) is 42.9. The quantitative estimate of drug-likeness (QED) is 0.542. The summed E-state index contributed by atoms with van der Waals surface area (Å²) < 4.78 is 24.6. The zero-order valence-corrected chi connectivity index (χ0v) is 17.9. The summed E-state index contributed by atoms with van der Waals surface area (Å²) in [5.41, 5.74) is 1.78. The van der Waals surface area contributed by atoms with Gasteiger partial charge in [0.2, 0.25) is 5.79 Å². The van der Waals surface area contributed by atoms with Crippen molar-refractivity contribution in [3.8, 4) is 5.75 Å². The molecule has 2 bridgehead atoms. The summed E-state index contributed by atoms with van der Waals surface area (Å²) in [5, 5.41) is 0. The van der Waals surface area contributed by atoms with Gasteiger partial charge in [-0.1, -0.05) is 26.0 Å². The summed E-state index contributed by atoms with van der Waals surface area (Å²) in [6, 6.07) is 5.77. The molecule has 5 nitrogen and oxygen atoms in total. The number of carbonyl (C=O) groups is 1. The van der Waals surface area contributed by atoms with Crippen LogP contribution in [0, 0.1) is 17.3 Å². The van der Waals surface area contributed by atoms with Crippen molar-refractivity contribution in [2.75, 3.05) is 0 Å². The molecule has 0 spiro atoms. The third kappa shape index (κ3) is 2.39. The van der Waals surface area contributed by atoms with Gasteiger partial charge in [0.15, 0.2) is 0 Å². The van der Waals surface area contributed by atoms with Gasteiger partial charge in [-0.05, 0) is 61.0 Å². The molecule has 0 N–H and O–H groups in total. The molecule has 0 aromatic heterocycles. The standard InChI is InChI=1S/C23H29BO5/c1-21(2)12-9-17(21)23(5)18(10-12)28-24(29-23)16-11-15(16)13-7-6-8-14-19(13)26-22(3,4)27-20(14)25/h6-8,12,15-18H,9-11H2,1-5H3/t12?,15-,16-,17?,18?,23+/m1/s1. The largest absolute Gasteiger partial charge is 0.461 e. The van der Waals surface area contributed by atoms with Crippen LogP contribution < -0.4 is 4.74 Å². The van der Waals surface area contributed by atoms with Gasteiger partial charge in [0.1, 0.15) is 11.3 Å². The molecular formula is C23H29BO5. The van der Waals surface area contributed by atoms with Gasteiger partial charge in [-0.25, -0.2) is 4.79 Å². The fraction of sp³-hybridized carbons (Fsp3) is 0.696. The van der Waals surface area contributed by atoms with Crippen LogP contribution in [-0.4, -0.2) is 30.6 Å². The molecule has 1 aromatic rings. The maximum absolute atomic E-state index is 12.4. The SMILES string of the molecule is CC1(C)OC(=O)c2cccc([C@H]3C[C@H]3B3OC4CC5CC(C5(C)C)[C@]4(C)O3)c2O1. The number of hydrogen-bond acceptors (Lipinski definition) is 5. The van der Waals surface area contributed by atoms with Crippen LogP contribution in [0.4, 0.5) is 0 Å². The molecule has 1 aromatic carbocycles. The van der Waals surface area contributed by atoms with E-state index >= 15 is 0 Å². The zero-order valence-electron chi connectivity index (χ0n) is 17.9. The fourth-order valence-electron chi connectivity index (χ4n) is 6.62. The molecule has 2 aliphatic heterocycles. The van der Waals surface area contributed by atoms with E-state index in [2.05, 4.69) is 26.8 Å². The minimum absolute atomic E-state index is 0.162. The van der Waals surface area contributed by atoms with Gasteiger partial charge < -0.3 is 18.8 Å². The Morgan fingerprint density at radius 1 is 1.03 bits per heavy atom. The van der Waals surface area contributed by atoms with Crippen LogP contribution in [0.15, 0.2) is 18.2 Å². The van der Waals surface area contributed by atoms with E-state index in [1.165, 1.54) is 6.42 Å². The number of carbonyl (C=O) groups excluding carboxylic acids is 1. The molecule has 6 atom stereocenters. The molecule has 7 rings (SSSR count). The van der Waals surface area contributed by atoms with Gasteiger partial charge in [0.05, 0.1) is 11.7 Å². The maximum Gasteiger partial charge on any atom is 0.461 e. The Morgan fingerprint density at radius 3 is 2.59 bits per heavy atom. The lowest BCUT2D eigenvalue weighted by Gasteiger charge is -2.64. The van der Waals surface area contributed by atoms with Gasteiger partial charge >= 0.3 is 13.1 Å². The van der Waals surface area contributed by atoms with Crippen LogP contribution in [0.3, 0.4) is 0 Å². The van der Waals surface area contributed by atoms with E-state index in [0.717, 1.165) is 24.3 Å². The summed E-state index contributed by atoms with van der Waals surface area (Å²) in [5.74, 6) is 1.35. The molecule has 29 heavy (non-hydrogen) atoms. The highest BCUT2D eigenvalue weighted by Gasteiger charge is 2.70. The van der Waals surface area contributed by atoms with Crippen molar-refractivity contribution in [1.29, 1.82) is 0 Å². The number of esters is 1. The second-order valence-electron chi connectivity index (χ2n) is 11.0. The molecule has 154 valence electrons. The van der Waals surface area contributed by atoms with E-state index in [4.69, 9.17) is 18.8 Å². The Kier molecular flexibility index (Phi) is 3.39. The number of cyclic esters (lactones) is 1. The molecule has 1 saturated heterocycles. The number of benzene rings is 1. The third-order valence-electron chi connectivity index (χ3n) is 8.51. The molecule has 4 saturated carbocycles. The van der Waals surface area contributed by atoms with Gasteiger partial charge in [-0.2, -0.15) is 0 Å². The number of ether oxygens (including phenoxy) is 2. The lowest BCUT2D eigenvalue weighted by Crippen LogP contribution is -2.65. The van der Waals surface area contributed by atoms with E-state index < -0.39 is 5.79 Å². The van der Waals surface area contributed by atoms with Crippen molar-refractivity contribution >= 4 is 13.1 Å². The minimum Gasteiger partial charge on any atom is -0.452 e. The van der Waals surface area contributed by atoms with Crippen molar-refractivity contribution in [3.63, 3.8) is 0 Å². The van der Waals surface area contributed by atoms with Crippen LogP contribution >= 0.6 is 0 Å². The van der Waals surface area contributed by atoms with E-state index in [9.17, 15) is 4.79 Å². The van der Waals surface area contributed by atoms with Crippen molar-refractivity contribution in [3.05, 3.63) is 29.3 Å². The average Bonchev–Trinajstić information content (AvgIpc) is 3.33. The Labute approximate surface area is 172 Å². The molecule has 6 aliphatic rings. The van der Waals surface area contributed by atoms with Crippen LogP contribution in [-0.2, 0) is 14.0 Å². The first-order valence-electron chi connectivity index (χ1n) is 11.0. The second kappa shape index (κ2) is 5.39. The highest BCUT2D eigenvalue weighted by atomic mass is 16.7. The molecular weight excluding hydrogens is 367 g/mol. The van der Waals surface area contributed by atoms with Crippen LogP contribution in [0.5, 0.6) is 5.75 Å². The molecule has 4 aliphatic carbocycles. The highest BCUT2D eigenvalue weighted by molar-refractivity contribution is 6.49. The monoisotopic (exact) mass is 396 g/mol. The van der Waals surface area contributed by atoms with Crippen molar-refractivity contribution < 1.29 is 23.6 Å². The topological polar surface area (TPSA) is 54.0 Å². The summed E-state index contributed by atoms with van der Waals surface area (Å²) in [6.45, 7) is 10.6. The number of hydrogen-bond donors (Lipinski definition) is 0. The lowest BCUT2D eigenvalue weighted by atomic mass is 9.43. The average molecular weight is 396 g/mol. The van der Waals surface area contributed by atoms with E-state index in [-0.39, 0.29) is 24.8 Å². The number of rotatable bonds is 2. The Morgan fingerprint density at radius 2 is 1.83 bits per heavy atom. The van der Waals surface area contributed by atoms with E-state index in [1.54, 1.807) is 19.9 Å². The van der Waals surface area contributed by atoms with Crippen molar-refractivity contribution in [2.45, 2.75) is 83.1 Å². The van der Waals surface area contributed by atoms with Crippen LogP contribution in [0.25, 0.3) is 0 Å². The fourth-order valence-corrected chi connectivity index (χ4v) is 6.62. The third-order valence-corrected chi connectivity index (χ3v) is 8.51. The first-order valence-corrected chi connectivity index (χ1v) is 11.0. The molecule has 0 radical (unpaired) electrons. The summed E-state index contributed by atoms with van der Waals surface area (Å²) in [7, 11) is -0.162. The Bertz CT molecular complexity index is 911. The molecule has 6 heteroatoms. The van der Waals surface area contributed by atoms with E-state index in [1.807, 2.05) is 6.07 Å². The zero-order chi connectivity index (χ0) is 20.3. The van der Waals surface area contributed by atoms with Crippen molar-refractivity contribution in [2.24, 2.45) is 17.3 Å². The Hall–Kier alpha value is -1.53. The van der Waals surface area contributed by atoms with Crippen molar-refractivity contribution in [1.82, 2.24) is 0 Å². The molecule has 5 fully saturated rings. The molecule has 2 heterocycles. The molecule has 0 amide bonds. The highest BCUT2D eigenvalue weighted by Crippen LogP contribution is 2.68. The lowest BCUT2D eigenvalue weighted by molar-refractivity contribution is -0.199. The number of fused-ring (bicyclic) bond motifs is 1. The summed E-state index contributed by atoms with van der Waals surface area (Å²) >= 11 is 0. The summed E-state index contributed by atoms with van der Waals surface area (Å²) in [6.07, 6.45) is 3.58. The first kappa shape index (κ1) is 18.3. The minimum atomic E-state index is -0.945. The van der Waals surface area contributed by atoms with Crippen LogP contribution in [0.1, 0.15) is 75.7 Å². The van der Waals surface area contributed by atoms with Gasteiger partial charge in [0.25, 0.3) is 0 Å². The Balaban J connectivity index is 1.25.